The molecule has 4 rings (SSSR count). The predicted molar refractivity (Wildman–Crippen MR) is 105 cm³/mol. The van der Waals surface area contributed by atoms with Crippen LogP contribution in [0.5, 0.6) is 0 Å². The van der Waals surface area contributed by atoms with Crippen LogP contribution in [0.1, 0.15) is 47.4 Å². The maximum Gasteiger partial charge on any atom is 0.490 e. The van der Waals surface area contributed by atoms with Crippen LogP contribution in [-0.4, -0.2) is 62.6 Å². The normalized spacial score (nSPS) is 18.2. The number of aryl methyl sites for hydroxylation is 1. The highest BCUT2D eigenvalue weighted by atomic mass is 32.1. The second kappa shape index (κ2) is 9.77. The monoisotopic (exact) mass is 460 g/mol. The molecule has 31 heavy (non-hydrogen) atoms. The molecule has 12 heteroatoms. The molecule has 3 heterocycles. The van der Waals surface area contributed by atoms with Gasteiger partial charge in [-0.15, -0.1) is 11.3 Å². The van der Waals surface area contributed by atoms with Crippen molar-refractivity contribution >= 4 is 23.2 Å². The Hall–Kier alpha value is -2.47. The summed E-state index contributed by atoms with van der Waals surface area (Å²) in [6.45, 7) is 5.63. The molecule has 170 valence electrons. The van der Waals surface area contributed by atoms with E-state index in [4.69, 9.17) is 14.6 Å². The molecule has 1 N–H and O–H groups in total. The lowest BCUT2D eigenvalue weighted by Gasteiger charge is -2.31. The molecule has 1 aliphatic heterocycles. The molecule has 0 aromatic carbocycles. The van der Waals surface area contributed by atoms with E-state index >= 15 is 0 Å². The van der Waals surface area contributed by atoms with E-state index in [2.05, 4.69) is 23.2 Å². The highest BCUT2D eigenvalue weighted by molar-refractivity contribution is 7.07. The van der Waals surface area contributed by atoms with E-state index in [1.54, 1.807) is 10.9 Å². The number of alkyl halides is 3. The Labute approximate surface area is 180 Å². The van der Waals surface area contributed by atoms with Gasteiger partial charge in [-0.2, -0.15) is 18.3 Å². The quantitative estimate of drug-likeness (QED) is 0.711. The fourth-order valence-corrected chi connectivity index (χ4v) is 3.68. The van der Waals surface area contributed by atoms with E-state index in [-0.39, 0.29) is 11.8 Å². The average Bonchev–Trinajstić information content (AvgIpc) is 3.21. The van der Waals surface area contributed by atoms with Crippen molar-refractivity contribution in [3.8, 4) is 0 Å². The van der Waals surface area contributed by atoms with E-state index in [0.717, 1.165) is 24.8 Å². The molecule has 2 aromatic rings. The molecule has 2 aliphatic rings. The number of nitrogens with zero attached hydrogens (tertiary/aromatic N) is 4. The van der Waals surface area contributed by atoms with E-state index in [9.17, 15) is 18.0 Å². The molecule has 1 saturated carbocycles. The SMILES string of the molecule is CCn1cc2c(n1)CN(C(=O)c1cscn1)CC2COCC1CC1.O=C(O)C(F)(F)F. The Morgan fingerprint density at radius 3 is 2.58 bits per heavy atom. The number of carboxylic acid groups (broad SMARTS) is 1. The first kappa shape index (κ1) is 23.2. The lowest BCUT2D eigenvalue weighted by molar-refractivity contribution is -0.192. The van der Waals surface area contributed by atoms with Gasteiger partial charge in [-0.25, -0.2) is 9.78 Å². The van der Waals surface area contributed by atoms with Gasteiger partial charge in [0.25, 0.3) is 5.91 Å². The summed E-state index contributed by atoms with van der Waals surface area (Å²) < 4.78 is 39.6. The molecule has 0 saturated heterocycles. The van der Waals surface area contributed by atoms with Crippen molar-refractivity contribution in [3.05, 3.63) is 34.0 Å². The summed E-state index contributed by atoms with van der Waals surface area (Å²) in [5.41, 5.74) is 4.45. The van der Waals surface area contributed by atoms with Crippen LogP contribution in [0, 0.1) is 5.92 Å². The van der Waals surface area contributed by atoms with Crippen molar-refractivity contribution in [2.75, 3.05) is 19.8 Å². The minimum absolute atomic E-state index is 0.0138. The van der Waals surface area contributed by atoms with E-state index < -0.39 is 12.1 Å². The van der Waals surface area contributed by atoms with Crippen molar-refractivity contribution in [1.29, 1.82) is 0 Å². The Bertz CT molecular complexity index is 897. The lowest BCUT2D eigenvalue weighted by Crippen LogP contribution is -2.39. The van der Waals surface area contributed by atoms with E-state index in [1.165, 1.54) is 29.7 Å². The molecule has 1 amide bonds. The van der Waals surface area contributed by atoms with Crippen molar-refractivity contribution in [3.63, 3.8) is 0 Å². The van der Waals surface area contributed by atoms with Gasteiger partial charge in [0.15, 0.2) is 0 Å². The molecule has 1 aliphatic carbocycles. The van der Waals surface area contributed by atoms with Gasteiger partial charge in [0.1, 0.15) is 5.69 Å². The maximum absolute atomic E-state index is 12.7. The number of halogens is 3. The third-order valence-corrected chi connectivity index (χ3v) is 5.55. The smallest absolute Gasteiger partial charge is 0.475 e. The third-order valence-electron chi connectivity index (χ3n) is 4.97. The molecule has 0 spiro atoms. The van der Waals surface area contributed by atoms with Crippen molar-refractivity contribution in [1.82, 2.24) is 19.7 Å². The number of thiazole rings is 1. The van der Waals surface area contributed by atoms with Gasteiger partial charge in [-0.1, -0.05) is 0 Å². The molecule has 8 nitrogen and oxygen atoms in total. The van der Waals surface area contributed by atoms with Crippen LogP contribution in [0.15, 0.2) is 17.1 Å². The van der Waals surface area contributed by atoms with Gasteiger partial charge in [-0.05, 0) is 25.7 Å². The minimum atomic E-state index is -5.08. The standard InChI is InChI=1S/C17H22N4O2S.C2HF3O2/c1-2-21-6-14-13(9-23-8-12-3-4-12)5-20(7-15(14)19-21)17(22)16-10-24-11-18-16;3-2(4,5)1(6)7/h6,10-13H,2-5,7-9H2,1H3;(H,6,7). The molecule has 0 bridgehead atoms. The van der Waals surface area contributed by atoms with Gasteiger partial charge in [0.05, 0.1) is 24.4 Å². The summed E-state index contributed by atoms with van der Waals surface area (Å²) >= 11 is 1.45. The number of carboxylic acids is 1. The highest BCUT2D eigenvalue weighted by Gasteiger charge is 2.38. The number of carbonyl (C=O) groups excluding carboxylic acids is 1. The Balaban J connectivity index is 0.000000339. The summed E-state index contributed by atoms with van der Waals surface area (Å²) in [6.07, 6.45) is -0.388. The zero-order chi connectivity index (χ0) is 22.6. The van der Waals surface area contributed by atoms with Gasteiger partial charge in [0, 0.05) is 42.8 Å². The van der Waals surface area contributed by atoms with Gasteiger partial charge in [-0.3, -0.25) is 9.48 Å². The zero-order valence-electron chi connectivity index (χ0n) is 16.8. The van der Waals surface area contributed by atoms with Crippen LogP contribution in [-0.2, 0) is 22.6 Å². The summed E-state index contributed by atoms with van der Waals surface area (Å²) in [4.78, 5) is 27.6. The van der Waals surface area contributed by atoms with Crippen LogP contribution in [0.4, 0.5) is 13.2 Å². The van der Waals surface area contributed by atoms with Crippen LogP contribution < -0.4 is 0 Å². The minimum Gasteiger partial charge on any atom is -0.475 e. The Kier molecular flexibility index (Phi) is 7.31. The number of fused-ring (bicyclic) bond motifs is 1. The molecule has 0 radical (unpaired) electrons. The Morgan fingerprint density at radius 1 is 1.32 bits per heavy atom. The number of rotatable bonds is 6. The second-order valence-corrected chi connectivity index (χ2v) is 8.15. The van der Waals surface area contributed by atoms with E-state index in [0.29, 0.717) is 25.4 Å². The van der Waals surface area contributed by atoms with Gasteiger partial charge in [0.2, 0.25) is 0 Å². The molecule has 2 aromatic heterocycles. The number of ether oxygens (including phenoxy) is 1. The predicted octanol–water partition coefficient (Wildman–Crippen LogP) is 3.16. The van der Waals surface area contributed by atoms with Crippen molar-refractivity contribution in [2.24, 2.45) is 5.92 Å². The number of aliphatic carboxylic acids is 1. The van der Waals surface area contributed by atoms with Crippen molar-refractivity contribution in [2.45, 2.75) is 44.9 Å². The number of hydrogen-bond donors (Lipinski definition) is 1. The summed E-state index contributed by atoms with van der Waals surface area (Å²) in [6, 6.07) is 0. The first-order valence-electron chi connectivity index (χ1n) is 9.80. The number of amides is 1. The molecular formula is C19H23F3N4O4S. The van der Waals surface area contributed by atoms with Crippen LogP contribution in [0.2, 0.25) is 0 Å². The van der Waals surface area contributed by atoms with Crippen molar-refractivity contribution < 1.29 is 32.6 Å². The molecule has 1 fully saturated rings. The Morgan fingerprint density at radius 2 is 2.03 bits per heavy atom. The zero-order valence-corrected chi connectivity index (χ0v) is 17.7. The lowest BCUT2D eigenvalue weighted by atomic mass is 9.95. The van der Waals surface area contributed by atoms with Crippen LogP contribution in [0.3, 0.4) is 0 Å². The summed E-state index contributed by atoms with van der Waals surface area (Å²) in [7, 11) is 0. The number of aromatic nitrogens is 3. The number of carbonyl (C=O) groups is 2. The first-order chi connectivity index (χ1) is 14.7. The summed E-state index contributed by atoms with van der Waals surface area (Å²) in [5.74, 6) is -1.83. The largest absolute Gasteiger partial charge is 0.490 e. The van der Waals surface area contributed by atoms with Crippen LogP contribution >= 0.6 is 11.3 Å². The third kappa shape index (κ3) is 6.26. The maximum atomic E-state index is 12.7. The molecule has 1 unspecified atom stereocenters. The fraction of sp³-hybridized carbons (Fsp3) is 0.579. The molecular weight excluding hydrogens is 437 g/mol. The first-order valence-corrected chi connectivity index (χ1v) is 10.7. The summed E-state index contributed by atoms with van der Waals surface area (Å²) in [5, 5.41) is 13.6. The van der Waals surface area contributed by atoms with Gasteiger partial charge < -0.3 is 14.7 Å². The van der Waals surface area contributed by atoms with Gasteiger partial charge >= 0.3 is 12.1 Å². The second-order valence-electron chi connectivity index (χ2n) is 7.43. The highest BCUT2D eigenvalue weighted by Crippen LogP contribution is 2.32. The van der Waals surface area contributed by atoms with Crippen LogP contribution in [0.25, 0.3) is 0 Å². The fourth-order valence-electron chi connectivity index (χ4n) is 3.15. The van der Waals surface area contributed by atoms with E-state index in [1.807, 2.05) is 9.58 Å². The average molecular weight is 460 g/mol. The topological polar surface area (TPSA) is 97.5 Å². The molecule has 1 atom stereocenters. The number of hydrogen-bond acceptors (Lipinski definition) is 6.